The molecule has 2 aliphatic rings. The molecule has 3 heterocycles. The Morgan fingerprint density at radius 3 is 3.13 bits per heavy atom. The molecule has 0 unspecified atom stereocenters. The number of fused-ring (bicyclic) bond motifs is 1. The van der Waals surface area contributed by atoms with Crippen LogP contribution in [0, 0.1) is 5.92 Å². The van der Waals surface area contributed by atoms with Crippen LogP contribution < -0.4 is 5.32 Å². The fraction of sp³-hybridized carbons (Fsp3) is 0.706. The third-order valence-corrected chi connectivity index (χ3v) is 5.69. The number of carbonyl (C=O) groups excluding carboxylic acids is 1. The summed E-state index contributed by atoms with van der Waals surface area (Å²) in [6.07, 6.45) is 1.98. The van der Waals surface area contributed by atoms with Crippen LogP contribution in [0.2, 0.25) is 0 Å². The van der Waals surface area contributed by atoms with Gasteiger partial charge < -0.3 is 15.0 Å². The Hall–Kier alpha value is -0.950. The van der Waals surface area contributed by atoms with Gasteiger partial charge in [0.2, 0.25) is 5.91 Å². The summed E-state index contributed by atoms with van der Waals surface area (Å²) in [5, 5.41) is 5.05. The molecule has 128 valence electrons. The van der Waals surface area contributed by atoms with Crippen molar-refractivity contribution in [1.82, 2.24) is 15.1 Å². The predicted molar refractivity (Wildman–Crippen MR) is 92.5 cm³/mol. The Balaban J connectivity index is 1.45. The highest BCUT2D eigenvalue weighted by Gasteiger charge is 2.41. The average molecular weight is 337 g/mol. The standard InChI is InChI=1S/C17H27N3O2S/c1-19(2)7-8-20-6-5-13-10-15(22-16(13)12-20)17(21)18-11-14-4-3-9-23-14/h3-4,9,13,15-16H,5-8,10-12H2,1-2H3,(H,18,21)/t13-,15+,16+/m1/s1. The van der Waals surface area contributed by atoms with Gasteiger partial charge >= 0.3 is 0 Å². The Morgan fingerprint density at radius 2 is 2.39 bits per heavy atom. The number of thiophene rings is 1. The van der Waals surface area contributed by atoms with E-state index in [0.717, 1.165) is 39.0 Å². The van der Waals surface area contributed by atoms with Crippen molar-refractivity contribution < 1.29 is 9.53 Å². The number of ether oxygens (including phenoxy) is 1. The topological polar surface area (TPSA) is 44.8 Å². The second-order valence-corrected chi connectivity index (χ2v) is 7.88. The first-order valence-corrected chi connectivity index (χ1v) is 9.32. The first-order chi connectivity index (χ1) is 11.1. The van der Waals surface area contributed by atoms with E-state index < -0.39 is 0 Å². The van der Waals surface area contributed by atoms with Crippen molar-refractivity contribution in [2.75, 3.05) is 40.3 Å². The summed E-state index contributed by atoms with van der Waals surface area (Å²) >= 11 is 1.67. The lowest BCUT2D eigenvalue weighted by molar-refractivity contribution is -0.133. The van der Waals surface area contributed by atoms with E-state index in [1.165, 1.54) is 4.88 Å². The van der Waals surface area contributed by atoms with Gasteiger partial charge in [-0.3, -0.25) is 9.69 Å². The van der Waals surface area contributed by atoms with E-state index in [-0.39, 0.29) is 18.1 Å². The van der Waals surface area contributed by atoms with E-state index in [4.69, 9.17) is 4.74 Å². The van der Waals surface area contributed by atoms with Gasteiger partial charge in [-0.15, -0.1) is 11.3 Å². The van der Waals surface area contributed by atoms with Crippen LogP contribution in [0.5, 0.6) is 0 Å². The van der Waals surface area contributed by atoms with Gasteiger partial charge in [-0.05, 0) is 50.8 Å². The van der Waals surface area contributed by atoms with E-state index in [0.29, 0.717) is 12.5 Å². The van der Waals surface area contributed by atoms with Crippen LogP contribution in [0.4, 0.5) is 0 Å². The SMILES string of the molecule is CN(C)CCN1CC[C@@H]2C[C@@H](C(=O)NCc3cccs3)O[C@H]2C1. The number of nitrogens with zero attached hydrogens (tertiary/aromatic N) is 2. The summed E-state index contributed by atoms with van der Waals surface area (Å²) in [5.41, 5.74) is 0. The van der Waals surface area contributed by atoms with Gasteiger partial charge in [0.1, 0.15) is 6.10 Å². The molecule has 2 aliphatic heterocycles. The molecule has 0 bridgehead atoms. The second-order valence-electron chi connectivity index (χ2n) is 6.85. The number of likely N-dealkylation sites (tertiary alicyclic amines) is 1. The molecule has 3 atom stereocenters. The van der Waals surface area contributed by atoms with Crippen LogP contribution in [0.15, 0.2) is 17.5 Å². The first-order valence-electron chi connectivity index (χ1n) is 8.44. The fourth-order valence-electron chi connectivity index (χ4n) is 3.41. The van der Waals surface area contributed by atoms with E-state index in [2.05, 4.69) is 29.2 Å². The first kappa shape index (κ1) is 16.9. The van der Waals surface area contributed by atoms with E-state index in [1.807, 2.05) is 17.5 Å². The third-order valence-electron chi connectivity index (χ3n) is 4.81. The van der Waals surface area contributed by atoms with E-state index >= 15 is 0 Å². The van der Waals surface area contributed by atoms with Crippen molar-refractivity contribution in [1.29, 1.82) is 0 Å². The number of hydrogen-bond acceptors (Lipinski definition) is 5. The molecule has 1 N–H and O–H groups in total. The summed E-state index contributed by atoms with van der Waals surface area (Å²) in [4.78, 5) is 18.2. The van der Waals surface area contributed by atoms with Gasteiger partial charge in [-0.1, -0.05) is 6.07 Å². The zero-order chi connectivity index (χ0) is 16.2. The number of nitrogens with one attached hydrogen (secondary N) is 1. The zero-order valence-corrected chi connectivity index (χ0v) is 14.8. The fourth-order valence-corrected chi connectivity index (χ4v) is 4.05. The quantitative estimate of drug-likeness (QED) is 0.852. The van der Waals surface area contributed by atoms with Crippen LogP contribution in [0.3, 0.4) is 0 Å². The van der Waals surface area contributed by atoms with Crippen LogP contribution in [0.25, 0.3) is 0 Å². The Morgan fingerprint density at radius 1 is 1.52 bits per heavy atom. The lowest BCUT2D eigenvalue weighted by Crippen LogP contribution is -2.44. The molecule has 1 aromatic heterocycles. The molecule has 0 aromatic carbocycles. The Kier molecular flexibility index (Phi) is 5.69. The van der Waals surface area contributed by atoms with Crippen molar-refractivity contribution in [2.45, 2.75) is 31.6 Å². The van der Waals surface area contributed by atoms with Crippen molar-refractivity contribution in [2.24, 2.45) is 5.92 Å². The van der Waals surface area contributed by atoms with Crippen molar-refractivity contribution in [3.05, 3.63) is 22.4 Å². The van der Waals surface area contributed by atoms with Gasteiger partial charge in [0.05, 0.1) is 12.6 Å². The highest BCUT2D eigenvalue weighted by atomic mass is 32.1. The molecule has 1 aromatic rings. The highest BCUT2D eigenvalue weighted by Crippen LogP contribution is 2.33. The summed E-state index contributed by atoms with van der Waals surface area (Å²) in [6, 6.07) is 4.05. The average Bonchev–Trinajstić information content (AvgIpc) is 3.19. The molecule has 3 rings (SSSR count). The maximum atomic E-state index is 12.3. The molecular weight excluding hydrogens is 310 g/mol. The smallest absolute Gasteiger partial charge is 0.249 e. The third kappa shape index (κ3) is 4.53. The zero-order valence-electron chi connectivity index (χ0n) is 14.0. The molecule has 0 saturated carbocycles. The van der Waals surface area contributed by atoms with Gasteiger partial charge in [-0.2, -0.15) is 0 Å². The number of piperidine rings is 1. The van der Waals surface area contributed by atoms with Crippen LogP contribution in [-0.2, 0) is 16.1 Å². The Labute approximate surface area is 142 Å². The largest absolute Gasteiger partial charge is 0.364 e. The van der Waals surface area contributed by atoms with Crippen LogP contribution >= 0.6 is 11.3 Å². The molecule has 1 amide bonds. The molecule has 23 heavy (non-hydrogen) atoms. The summed E-state index contributed by atoms with van der Waals surface area (Å²) in [7, 11) is 4.21. The number of carbonyl (C=O) groups is 1. The lowest BCUT2D eigenvalue weighted by Gasteiger charge is -2.34. The second kappa shape index (κ2) is 7.75. The molecular formula is C17H27N3O2S. The van der Waals surface area contributed by atoms with E-state index in [1.54, 1.807) is 11.3 Å². The highest BCUT2D eigenvalue weighted by molar-refractivity contribution is 7.09. The summed E-state index contributed by atoms with van der Waals surface area (Å²) < 4.78 is 6.07. The van der Waals surface area contributed by atoms with Gasteiger partial charge in [0.25, 0.3) is 0 Å². The molecule has 0 radical (unpaired) electrons. The molecule has 2 saturated heterocycles. The monoisotopic (exact) mass is 337 g/mol. The molecule has 0 aliphatic carbocycles. The summed E-state index contributed by atoms with van der Waals surface area (Å²) in [5.74, 6) is 0.593. The molecule has 0 spiro atoms. The summed E-state index contributed by atoms with van der Waals surface area (Å²) in [6.45, 7) is 4.85. The van der Waals surface area contributed by atoms with Crippen molar-refractivity contribution in [3.8, 4) is 0 Å². The van der Waals surface area contributed by atoms with Crippen LogP contribution in [0.1, 0.15) is 17.7 Å². The lowest BCUT2D eigenvalue weighted by atomic mass is 9.91. The minimum Gasteiger partial charge on any atom is -0.364 e. The molecule has 5 nitrogen and oxygen atoms in total. The van der Waals surface area contributed by atoms with Gasteiger partial charge in [0.15, 0.2) is 0 Å². The van der Waals surface area contributed by atoms with Crippen molar-refractivity contribution in [3.63, 3.8) is 0 Å². The van der Waals surface area contributed by atoms with E-state index in [9.17, 15) is 4.79 Å². The minimum atomic E-state index is -0.265. The number of rotatable bonds is 6. The number of amides is 1. The normalized spacial score (nSPS) is 28.0. The Bertz CT molecular complexity index is 506. The maximum Gasteiger partial charge on any atom is 0.249 e. The molecule has 2 fully saturated rings. The van der Waals surface area contributed by atoms with Gasteiger partial charge in [0, 0.05) is 24.5 Å². The van der Waals surface area contributed by atoms with Gasteiger partial charge in [-0.25, -0.2) is 0 Å². The van der Waals surface area contributed by atoms with Crippen LogP contribution in [-0.4, -0.2) is 68.2 Å². The maximum absolute atomic E-state index is 12.3. The number of likely N-dealkylation sites (N-methyl/N-ethyl adjacent to an activating group) is 1. The predicted octanol–water partition coefficient (Wildman–Crippen LogP) is 1.41. The van der Waals surface area contributed by atoms with Crippen molar-refractivity contribution >= 4 is 17.2 Å². The number of hydrogen-bond donors (Lipinski definition) is 1. The molecule has 6 heteroatoms. The minimum absolute atomic E-state index is 0.0487.